The lowest BCUT2D eigenvalue weighted by Crippen LogP contribution is -2.15. The van der Waals surface area contributed by atoms with Gasteiger partial charge in [0.1, 0.15) is 0 Å². The van der Waals surface area contributed by atoms with Gasteiger partial charge in [-0.15, -0.1) is 0 Å². The van der Waals surface area contributed by atoms with E-state index in [9.17, 15) is 0 Å². The molecule has 0 fully saturated rings. The van der Waals surface area contributed by atoms with Gasteiger partial charge < -0.3 is 15.3 Å². The highest BCUT2D eigenvalue weighted by Gasteiger charge is 2.03. The lowest BCUT2D eigenvalue weighted by Gasteiger charge is -2.01. The molecule has 0 aliphatic heterocycles. The maximum atomic E-state index is 7.59. The molecule has 0 aliphatic rings. The summed E-state index contributed by atoms with van der Waals surface area (Å²) in [4.78, 5) is 0. The van der Waals surface area contributed by atoms with Crippen molar-refractivity contribution in [3.05, 3.63) is 0 Å². The maximum absolute atomic E-state index is 7.59. The van der Waals surface area contributed by atoms with Crippen LogP contribution in [0.4, 0.5) is 0 Å². The molecule has 0 spiro atoms. The van der Waals surface area contributed by atoms with Crippen molar-refractivity contribution in [2.75, 3.05) is 0 Å². The van der Waals surface area contributed by atoms with Crippen molar-refractivity contribution >= 4 is 9.24 Å². The van der Waals surface area contributed by atoms with Crippen molar-refractivity contribution < 1.29 is 15.3 Å². The normalized spacial score (nSPS) is 12.0. The Morgan fingerprint density at radius 1 is 1.20 bits per heavy atom. The van der Waals surface area contributed by atoms with E-state index in [1.165, 1.54) is 9.24 Å². The number of hydrogen-bond donors (Lipinski definition) is 3. The van der Waals surface area contributed by atoms with Crippen molar-refractivity contribution in [2.24, 2.45) is 0 Å². The topological polar surface area (TPSA) is 60.7 Å². The molecule has 0 aromatic heterocycles. The predicted octanol–water partition coefficient (Wildman–Crippen LogP) is -1.55. The standard InChI is InChI=1S/CH5O3P/c2-1(3,4)5/h2-4H,5H2. The molecule has 0 aromatic rings. The molecular formula is CH5O3P. The van der Waals surface area contributed by atoms with Crippen molar-refractivity contribution in [1.82, 2.24) is 0 Å². The fraction of sp³-hybridized carbons (Fsp3) is 1.00. The van der Waals surface area contributed by atoms with Gasteiger partial charge >= 0.3 is 0 Å². The zero-order chi connectivity index (χ0) is 4.50. The molecule has 3 N–H and O–H groups in total. The first-order chi connectivity index (χ1) is 2.00. The zero-order valence-corrected chi connectivity index (χ0v) is 3.57. The first-order valence-electron chi connectivity index (χ1n) is 0.959. The second kappa shape index (κ2) is 1.19. The molecule has 1 atom stereocenters. The van der Waals surface area contributed by atoms with Gasteiger partial charge in [0.2, 0.25) is 0 Å². The number of hydrogen-bond acceptors (Lipinski definition) is 3. The van der Waals surface area contributed by atoms with Crippen LogP contribution in [0.25, 0.3) is 0 Å². The average Bonchev–Trinajstić information content (AvgIpc) is 0.722. The van der Waals surface area contributed by atoms with Crippen LogP contribution in [-0.2, 0) is 0 Å². The minimum atomic E-state index is -2.58. The third kappa shape index (κ3) is 239. The van der Waals surface area contributed by atoms with E-state index < -0.39 is 5.71 Å². The Morgan fingerprint density at radius 3 is 1.20 bits per heavy atom. The van der Waals surface area contributed by atoms with Crippen LogP contribution in [0.15, 0.2) is 0 Å². The van der Waals surface area contributed by atoms with Crippen LogP contribution in [0.5, 0.6) is 0 Å². The smallest absolute Gasteiger partial charge is 0.287 e. The highest BCUT2D eigenvalue weighted by Crippen LogP contribution is 1.99. The molecule has 0 aromatic carbocycles. The number of aliphatic hydroxyl groups is 3. The van der Waals surface area contributed by atoms with Crippen LogP contribution in [-0.4, -0.2) is 21.0 Å². The summed E-state index contributed by atoms with van der Waals surface area (Å²) >= 11 is 0. The molecule has 0 saturated heterocycles. The Morgan fingerprint density at radius 2 is 1.20 bits per heavy atom. The molecule has 0 amide bonds. The van der Waals surface area contributed by atoms with E-state index in [1.807, 2.05) is 0 Å². The lowest BCUT2D eigenvalue weighted by atomic mass is 11.3. The second-order valence-electron chi connectivity index (χ2n) is 0.687. The summed E-state index contributed by atoms with van der Waals surface area (Å²) in [6.45, 7) is 0. The van der Waals surface area contributed by atoms with Crippen molar-refractivity contribution in [1.29, 1.82) is 0 Å². The Bertz CT molecular complexity index is 22.4. The Hall–Kier alpha value is 0.310. The van der Waals surface area contributed by atoms with E-state index in [4.69, 9.17) is 15.3 Å². The van der Waals surface area contributed by atoms with Gasteiger partial charge in [0, 0.05) is 0 Å². The van der Waals surface area contributed by atoms with Gasteiger partial charge in [-0.1, -0.05) is 0 Å². The van der Waals surface area contributed by atoms with Crippen molar-refractivity contribution in [3.63, 3.8) is 0 Å². The van der Waals surface area contributed by atoms with Gasteiger partial charge in [-0.3, -0.25) is 0 Å². The average molecular weight is 96.0 g/mol. The van der Waals surface area contributed by atoms with E-state index in [0.717, 1.165) is 0 Å². The summed E-state index contributed by atoms with van der Waals surface area (Å²) < 4.78 is 0. The van der Waals surface area contributed by atoms with Crippen molar-refractivity contribution in [2.45, 2.75) is 5.71 Å². The van der Waals surface area contributed by atoms with Gasteiger partial charge in [0.25, 0.3) is 5.71 Å². The first-order valence-corrected chi connectivity index (χ1v) is 1.54. The van der Waals surface area contributed by atoms with Gasteiger partial charge in [-0.05, 0) is 9.24 Å². The van der Waals surface area contributed by atoms with Gasteiger partial charge in [0.05, 0.1) is 0 Å². The summed E-state index contributed by atoms with van der Waals surface area (Å²) in [5.74, 6) is 0. The van der Waals surface area contributed by atoms with Gasteiger partial charge in [-0.2, -0.15) is 0 Å². The number of rotatable bonds is 0. The first kappa shape index (κ1) is 5.31. The van der Waals surface area contributed by atoms with Crippen LogP contribution in [0.2, 0.25) is 0 Å². The van der Waals surface area contributed by atoms with E-state index in [2.05, 4.69) is 0 Å². The van der Waals surface area contributed by atoms with E-state index in [0.29, 0.717) is 0 Å². The molecule has 0 saturated carbocycles. The molecule has 5 heavy (non-hydrogen) atoms. The van der Waals surface area contributed by atoms with E-state index in [1.54, 1.807) is 0 Å². The lowest BCUT2D eigenvalue weighted by molar-refractivity contribution is -0.235. The minimum absolute atomic E-state index is 1.38. The molecule has 4 heteroatoms. The SMILES string of the molecule is OC(O)(O)P. The predicted molar refractivity (Wildman–Crippen MR) is 19.1 cm³/mol. The Labute approximate surface area is 31.5 Å². The maximum Gasteiger partial charge on any atom is 0.287 e. The van der Waals surface area contributed by atoms with Crippen LogP contribution < -0.4 is 0 Å². The monoisotopic (exact) mass is 96.0 g/mol. The molecular weight excluding hydrogens is 91.0 g/mol. The quantitative estimate of drug-likeness (QED) is 0.253. The molecule has 0 aliphatic carbocycles. The summed E-state index contributed by atoms with van der Waals surface area (Å²) in [5, 5.41) is 22.8. The minimum Gasteiger partial charge on any atom is -0.341 e. The largest absolute Gasteiger partial charge is 0.341 e. The van der Waals surface area contributed by atoms with Gasteiger partial charge in [0.15, 0.2) is 0 Å². The summed E-state index contributed by atoms with van der Waals surface area (Å²) in [5.41, 5.74) is -2.58. The van der Waals surface area contributed by atoms with Crippen molar-refractivity contribution in [3.8, 4) is 0 Å². The molecule has 32 valence electrons. The molecule has 0 bridgehead atoms. The highest BCUT2D eigenvalue weighted by atomic mass is 31.0. The fourth-order valence-corrected chi connectivity index (χ4v) is 0. The van der Waals surface area contributed by atoms with E-state index in [-0.39, 0.29) is 0 Å². The summed E-state index contributed by atoms with van der Waals surface area (Å²) in [6, 6.07) is 0. The van der Waals surface area contributed by atoms with Crippen LogP contribution >= 0.6 is 9.24 Å². The third-order valence-electron chi connectivity index (χ3n) is 0. The highest BCUT2D eigenvalue weighted by molar-refractivity contribution is 7.17. The molecule has 1 unspecified atom stereocenters. The van der Waals surface area contributed by atoms with Gasteiger partial charge in [-0.25, -0.2) is 0 Å². The summed E-state index contributed by atoms with van der Waals surface area (Å²) in [7, 11) is 1.38. The molecule has 0 radical (unpaired) electrons. The summed E-state index contributed by atoms with van der Waals surface area (Å²) in [6.07, 6.45) is 0. The Balaban J connectivity index is 3.02. The van der Waals surface area contributed by atoms with Crippen LogP contribution in [0.3, 0.4) is 0 Å². The van der Waals surface area contributed by atoms with E-state index >= 15 is 0 Å². The second-order valence-corrected chi connectivity index (χ2v) is 1.46. The molecule has 0 rings (SSSR count). The Kier molecular flexibility index (Phi) is 1.26. The fourth-order valence-electron chi connectivity index (χ4n) is 0. The molecule has 0 heterocycles. The zero-order valence-electron chi connectivity index (χ0n) is 2.42. The third-order valence-corrected chi connectivity index (χ3v) is 0. The van der Waals surface area contributed by atoms with Crippen LogP contribution in [0, 0.1) is 0 Å². The molecule has 3 nitrogen and oxygen atoms in total. The van der Waals surface area contributed by atoms with Crippen LogP contribution in [0.1, 0.15) is 0 Å².